The van der Waals surface area contributed by atoms with Gasteiger partial charge < -0.3 is 4.74 Å². The molecule has 0 spiro atoms. The van der Waals surface area contributed by atoms with Crippen molar-refractivity contribution in [1.29, 1.82) is 0 Å². The van der Waals surface area contributed by atoms with E-state index < -0.39 is 11.8 Å². The third kappa shape index (κ3) is 3.22. The topological polar surface area (TPSA) is 46.6 Å². The third-order valence-electron chi connectivity index (χ3n) is 4.12. The fourth-order valence-corrected chi connectivity index (χ4v) is 3.19. The zero-order valence-corrected chi connectivity index (χ0v) is 15.9. The summed E-state index contributed by atoms with van der Waals surface area (Å²) >= 11 is 12.3. The maximum Gasteiger partial charge on any atom is 0.277 e. The minimum Gasteiger partial charge on any atom is -0.494 e. The van der Waals surface area contributed by atoms with Gasteiger partial charge in [-0.15, -0.1) is 0 Å². The lowest BCUT2D eigenvalue weighted by molar-refractivity contribution is -0.119. The number of rotatable bonds is 5. The van der Waals surface area contributed by atoms with E-state index in [1.165, 1.54) is 0 Å². The standard InChI is InChI=1S/C20H17Cl2NO3/c1-3-11-26-14-9-7-13(8-10-14)17-18(22)20(25)23(19(17)24)16-6-4-5-15(21)12(16)2/h4-10H,3,11H2,1-2H3. The van der Waals surface area contributed by atoms with Crippen molar-refractivity contribution in [3.63, 3.8) is 0 Å². The quantitative estimate of drug-likeness (QED) is 0.678. The molecule has 0 unspecified atom stereocenters. The van der Waals surface area contributed by atoms with Crippen LogP contribution in [-0.2, 0) is 9.59 Å². The number of nitrogens with zero attached hydrogens (tertiary/aromatic N) is 1. The lowest BCUT2D eigenvalue weighted by atomic mass is 10.1. The van der Waals surface area contributed by atoms with Gasteiger partial charge in [-0.25, -0.2) is 4.90 Å². The number of anilines is 1. The minimum atomic E-state index is -0.552. The third-order valence-corrected chi connectivity index (χ3v) is 4.88. The van der Waals surface area contributed by atoms with Crippen molar-refractivity contribution in [1.82, 2.24) is 0 Å². The number of carbonyl (C=O) groups is 2. The Kier molecular flexibility index (Phi) is 5.35. The summed E-state index contributed by atoms with van der Waals surface area (Å²) in [6, 6.07) is 12.0. The molecular formula is C20H17Cl2NO3. The van der Waals surface area contributed by atoms with Gasteiger partial charge in [0.15, 0.2) is 0 Å². The summed E-state index contributed by atoms with van der Waals surface area (Å²) in [5.74, 6) is -0.317. The SMILES string of the molecule is CCCOc1ccc(C2=C(Cl)C(=O)N(c3cccc(Cl)c3C)C2=O)cc1. The molecule has 2 amide bonds. The van der Waals surface area contributed by atoms with E-state index in [0.29, 0.717) is 34.2 Å². The highest BCUT2D eigenvalue weighted by Crippen LogP contribution is 2.37. The van der Waals surface area contributed by atoms with Gasteiger partial charge in [0.25, 0.3) is 11.8 Å². The van der Waals surface area contributed by atoms with E-state index in [0.717, 1.165) is 11.3 Å². The summed E-state index contributed by atoms with van der Waals surface area (Å²) < 4.78 is 5.54. The van der Waals surface area contributed by atoms with Crippen molar-refractivity contribution >= 4 is 46.3 Å². The molecule has 0 saturated carbocycles. The molecule has 0 bridgehead atoms. The van der Waals surface area contributed by atoms with Crippen molar-refractivity contribution in [2.24, 2.45) is 0 Å². The molecule has 0 fully saturated rings. The Bertz CT molecular complexity index is 904. The molecule has 0 N–H and O–H groups in total. The zero-order chi connectivity index (χ0) is 18.8. The summed E-state index contributed by atoms with van der Waals surface area (Å²) in [5, 5.41) is 0.377. The molecule has 2 aromatic carbocycles. The van der Waals surface area contributed by atoms with Crippen LogP contribution in [0.4, 0.5) is 5.69 Å². The maximum absolute atomic E-state index is 12.9. The molecular weight excluding hydrogens is 373 g/mol. The summed E-state index contributed by atoms with van der Waals surface area (Å²) in [7, 11) is 0. The second kappa shape index (κ2) is 7.52. The minimum absolute atomic E-state index is 0.100. The van der Waals surface area contributed by atoms with E-state index in [9.17, 15) is 9.59 Å². The number of imide groups is 1. The Hall–Kier alpha value is -2.30. The van der Waals surface area contributed by atoms with Crippen molar-refractivity contribution in [3.8, 4) is 5.75 Å². The Morgan fingerprint density at radius 2 is 1.69 bits per heavy atom. The van der Waals surface area contributed by atoms with Crippen LogP contribution >= 0.6 is 23.2 Å². The van der Waals surface area contributed by atoms with Gasteiger partial charge in [0.1, 0.15) is 10.8 Å². The predicted octanol–water partition coefficient (Wildman–Crippen LogP) is 4.96. The molecule has 0 radical (unpaired) electrons. The number of amides is 2. The van der Waals surface area contributed by atoms with Crippen LogP contribution in [-0.4, -0.2) is 18.4 Å². The van der Waals surface area contributed by atoms with Crippen LogP contribution in [0.5, 0.6) is 5.75 Å². The largest absolute Gasteiger partial charge is 0.494 e. The number of hydrogen-bond acceptors (Lipinski definition) is 3. The van der Waals surface area contributed by atoms with Gasteiger partial charge in [0.05, 0.1) is 17.9 Å². The number of benzene rings is 2. The van der Waals surface area contributed by atoms with Crippen molar-refractivity contribution < 1.29 is 14.3 Å². The van der Waals surface area contributed by atoms with E-state index >= 15 is 0 Å². The van der Waals surface area contributed by atoms with Crippen LogP contribution < -0.4 is 9.64 Å². The van der Waals surface area contributed by atoms with Gasteiger partial charge in [-0.05, 0) is 48.7 Å². The first-order valence-electron chi connectivity index (χ1n) is 8.22. The van der Waals surface area contributed by atoms with Gasteiger partial charge in [0, 0.05) is 5.02 Å². The average Bonchev–Trinajstić information content (AvgIpc) is 2.86. The molecule has 0 aliphatic carbocycles. The molecule has 3 rings (SSSR count). The summed E-state index contributed by atoms with van der Waals surface area (Å²) in [4.78, 5) is 26.6. The molecule has 134 valence electrons. The molecule has 1 aliphatic heterocycles. The lowest BCUT2D eigenvalue weighted by Crippen LogP contribution is -2.31. The van der Waals surface area contributed by atoms with Crippen molar-refractivity contribution in [2.45, 2.75) is 20.3 Å². The van der Waals surface area contributed by atoms with Crippen LogP contribution in [0, 0.1) is 6.92 Å². The fourth-order valence-electron chi connectivity index (χ4n) is 2.75. The normalized spacial score (nSPS) is 14.4. The highest BCUT2D eigenvalue weighted by molar-refractivity contribution is 6.60. The van der Waals surface area contributed by atoms with Crippen LogP contribution in [0.1, 0.15) is 24.5 Å². The van der Waals surface area contributed by atoms with Gasteiger partial charge in [-0.3, -0.25) is 9.59 Å². The molecule has 1 aliphatic rings. The smallest absolute Gasteiger partial charge is 0.277 e. The van der Waals surface area contributed by atoms with Gasteiger partial charge in [-0.1, -0.05) is 48.3 Å². The number of hydrogen-bond donors (Lipinski definition) is 0. The fraction of sp³-hybridized carbons (Fsp3) is 0.200. The summed E-state index contributed by atoms with van der Waals surface area (Å²) in [6.07, 6.45) is 0.902. The van der Waals surface area contributed by atoms with Crippen LogP contribution in [0.2, 0.25) is 5.02 Å². The van der Waals surface area contributed by atoms with Crippen LogP contribution in [0.3, 0.4) is 0 Å². The molecule has 26 heavy (non-hydrogen) atoms. The zero-order valence-electron chi connectivity index (χ0n) is 14.4. The van der Waals surface area contributed by atoms with E-state index in [1.807, 2.05) is 6.92 Å². The second-order valence-corrected chi connectivity index (χ2v) is 6.68. The van der Waals surface area contributed by atoms with E-state index in [1.54, 1.807) is 49.4 Å². The highest BCUT2D eigenvalue weighted by atomic mass is 35.5. The predicted molar refractivity (Wildman–Crippen MR) is 104 cm³/mol. The van der Waals surface area contributed by atoms with Crippen molar-refractivity contribution in [3.05, 3.63) is 63.6 Å². The monoisotopic (exact) mass is 389 g/mol. The second-order valence-electron chi connectivity index (χ2n) is 5.89. The Morgan fingerprint density at radius 1 is 1.00 bits per heavy atom. The Balaban J connectivity index is 1.95. The molecule has 0 atom stereocenters. The van der Waals surface area contributed by atoms with Crippen molar-refractivity contribution in [2.75, 3.05) is 11.5 Å². The maximum atomic E-state index is 12.9. The number of halogens is 2. The van der Waals surface area contributed by atoms with Gasteiger partial charge >= 0.3 is 0 Å². The lowest BCUT2D eigenvalue weighted by Gasteiger charge is -2.18. The molecule has 0 saturated heterocycles. The Morgan fingerprint density at radius 3 is 2.35 bits per heavy atom. The van der Waals surface area contributed by atoms with Crippen LogP contribution in [0.25, 0.3) is 5.57 Å². The van der Waals surface area contributed by atoms with E-state index in [2.05, 4.69) is 0 Å². The average molecular weight is 390 g/mol. The number of carbonyl (C=O) groups excluding carboxylic acids is 2. The van der Waals surface area contributed by atoms with E-state index in [-0.39, 0.29) is 10.6 Å². The first-order valence-corrected chi connectivity index (χ1v) is 8.98. The first-order chi connectivity index (χ1) is 12.5. The summed E-state index contributed by atoms with van der Waals surface area (Å²) in [5.41, 5.74) is 1.82. The van der Waals surface area contributed by atoms with Gasteiger partial charge in [-0.2, -0.15) is 0 Å². The molecule has 4 nitrogen and oxygen atoms in total. The van der Waals surface area contributed by atoms with Gasteiger partial charge in [0.2, 0.25) is 0 Å². The molecule has 0 aromatic heterocycles. The summed E-state index contributed by atoms with van der Waals surface area (Å²) in [6.45, 7) is 4.39. The molecule has 1 heterocycles. The highest BCUT2D eigenvalue weighted by Gasteiger charge is 2.39. The van der Waals surface area contributed by atoms with Crippen LogP contribution in [0.15, 0.2) is 47.5 Å². The Labute approximate surface area is 162 Å². The number of ether oxygens (including phenoxy) is 1. The van der Waals surface area contributed by atoms with E-state index in [4.69, 9.17) is 27.9 Å². The molecule has 2 aromatic rings. The molecule has 6 heteroatoms. The first kappa shape index (κ1) is 18.5.